The number of sulfone groups is 1. The summed E-state index contributed by atoms with van der Waals surface area (Å²) in [6, 6.07) is 5.14. The summed E-state index contributed by atoms with van der Waals surface area (Å²) >= 11 is 1.20. The van der Waals surface area contributed by atoms with Gasteiger partial charge in [-0.3, -0.25) is 9.59 Å². The first-order valence-electron chi connectivity index (χ1n) is 10.9. The van der Waals surface area contributed by atoms with E-state index in [1.54, 1.807) is 0 Å². The highest BCUT2D eigenvalue weighted by Gasteiger charge is 2.35. The van der Waals surface area contributed by atoms with Crippen molar-refractivity contribution in [2.45, 2.75) is 49.3 Å². The molecule has 1 aromatic carbocycles. The fourth-order valence-corrected chi connectivity index (χ4v) is 7.37. The monoisotopic (exact) mass is 525 g/mol. The summed E-state index contributed by atoms with van der Waals surface area (Å²) < 4.78 is 50.4. The number of aromatic nitrogens is 1. The molecule has 1 aromatic heterocycles. The van der Waals surface area contributed by atoms with Crippen molar-refractivity contribution in [3.8, 4) is 0 Å². The molecule has 1 aliphatic carbocycles. The zero-order valence-corrected chi connectivity index (χ0v) is 21.6. The van der Waals surface area contributed by atoms with Gasteiger partial charge in [0.2, 0.25) is 15.9 Å². The summed E-state index contributed by atoms with van der Waals surface area (Å²) in [5.41, 5.74) is 0.576. The summed E-state index contributed by atoms with van der Waals surface area (Å²) in [5, 5.41) is 3.22. The Morgan fingerprint density at radius 2 is 1.65 bits per heavy atom. The van der Waals surface area contributed by atoms with Crippen molar-refractivity contribution in [2.24, 2.45) is 11.3 Å². The van der Waals surface area contributed by atoms with E-state index in [4.69, 9.17) is 0 Å². The van der Waals surface area contributed by atoms with E-state index in [1.165, 1.54) is 39.9 Å². The van der Waals surface area contributed by atoms with Crippen molar-refractivity contribution in [1.29, 1.82) is 0 Å². The molecule has 1 saturated heterocycles. The minimum atomic E-state index is -3.79. The van der Waals surface area contributed by atoms with Gasteiger partial charge in [0.05, 0.1) is 20.4 Å². The van der Waals surface area contributed by atoms with Gasteiger partial charge in [0.25, 0.3) is 0 Å². The third-order valence-corrected chi connectivity index (χ3v) is 10.3. The van der Waals surface area contributed by atoms with E-state index in [0.29, 0.717) is 35.7 Å². The molecular weight excluding hydrogens is 498 g/mol. The minimum absolute atomic E-state index is 0.0174. The predicted molar refractivity (Wildman–Crippen MR) is 128 cm³/mol. The fraction of sp³-hybridized carbons (Fsp3) is 0.500. The van der Waals surface area contributed by atoms with Crippen molar-refractivity contribution < 1.29 is 26.4 Å². The van der Waals surface area contributed by atoms with Crippen LogP contribution in [-0.4, -0.2) is 57.2 Å². The fourth-order valence-electron chi connectivity index (χ4n) is 4.35. The molecule has 0 spiro atoms. The molecule has 0 atom stereocenters. The van der Waals surface area contributed by atoms with Gasteiger partial charge in [0.15, 0.2) is 20.8 Å². The zero-order valence-electron chi connectivity index (χ0n) is 19.2. The molecule has 9 nitrogen and oxygen atoms in total. The van der Waals surface area contributed by atoms with Crippen LogP contribution in [0, 0.1) is 11.3 Å². The first kappa shape index (κ1) is 25.0. The molecule has 184 valence electrons. The number of Topliss-reactive ketones (excluding diaryl/α,β-unsaturated/α-hetero) is 1. The van der Waals surface area contributed by atoms with Crippen LogP contribution in [-0.2, 0) is 31.1 Å². The Morgan fingerprint density at radius 1 is 1.06 bits per heavy atom. The van der Waals surface area contributed by atoms with Crippen LogP contribution >= 0.6 is 11.3 Å². The van der Waals surface area contributed by atoms with Gasteiger partial charge in [-0.25, -0.2) is 21.8 Å². The number of piperidine rings is 1. The smallest absolute Gasteiger partial charge is 0.243 e. The molecule has 34 heavy (non-hydrogen) atoms. The number of fused-ring (bicyclic) bond motifs is 1. The topological polar surface area (TPSA) is 131 Å². The molecule has 0 bridgehead atoms. The van der Waals surface area contributed by atoms with Crippen molar-refractivity contribution in [3.63, 3.8) is 0 Å². The highest BCUT2D eigenvalue weighted by molar-refractivity contribution is 7.90. The number of amides is 1. The van der Waals surface area contributed by atoms with Crippen LogP contribution in [0.25, 0.3) is 0 Å². The van der Waals surface area contributed by atoms with Crippen LogP contribution in [0.3, 0.4) is 0 Å². The molecule has 2 aromatic rings. The molecule has 0 saturated carbocycles. The van der Waals surface area contributed by atoms with Crippen molar-refractivity contribution in [3.05, 3.63) is 34.8 Å². The van der Waals surface area contributed by atoms with Gasteiger partial charge in [0.1, 0.15) is 0 Å². The van der Waals surface area contributed by atoms with E-state index < -0.39 is 19.9 Å². The lowest BCUT2D eigenvalue weighted by atomic mass is 9.78. The van der Waals surface area contributed by atoms with Gasteiger partial charge in [-0.1, -0.05) is 25.2 Å². The molecule has 2 aliphatic rings. The van der Waals surface area contributed by atoms with Crippen LogP contribution in [0.4, 0.5) is 5.13 Å². The zero-order chi connectivity index (χ0) is 24.9. The largest absolute Gasteiger partial charge is 0.302 e. The van der Waals surface area contributed by atoms with Crippen molar-refractivity contribution in [2.75, 3.05) is 24.7 Å². The molecule has 1 N–H and O–H groups in total. The molecule has 2 heterocycles. The quantitative estimate of drug-likeness (QED) is 0.635. The Morgan fingerprint density at radius 3 is 2.24 bits per heavy atom. The van der Waals surface area contributed by atoms with E-state index >= 15 is 0 Å². The molecule has 1 amide bonds. The number of rotatable bonds is 5. The molecule has 0 unspecified atom stereocenters. The predicted octanol–water partition coefficient (Wildman–Crippen LogP) is 2.74. The summed E-state index contributed by atoms with van der Waals surface area (Å²) in [6.45, 7) is 4.39. The number of thiazole rings is 1. The summed E-state index contributed by atoms with van der Waals surface area (Å²) in [7, 11) is -7.21. The average molecular weight is 526 g/mol. The van der Waals surface area contributed by atoms with Gasteiger partial charge in [-0.05, 0) is 48.9 Å². The van der Waals surface area contributed by atoms with E-state index in [-0.39, 0.29) is 45.9 Å². The second-order valence-corrected chi connectivity index (χ2v) is 14.6. The van der Waals surface area contributed by atoms with Gasteiger partial charge >= 0.3 is 0 Å². The number of anilines is 1. The molecular formula is C22H27N3O6S3. The van der Waals surface area contributed by atoms with Crippen LogP contribution in [0.2, 0.25) is 0 Å². The summed E-state index contributed by atoms with van der Waals surface area (Å²) in [4.78, 5) is 30.3. The van der Waals surface area contributed by atoms with Gasteiger partial charge in [-0.2, -0.15) is 4.31 Å². The van der Waals surface area contributed by atoms with E-state index in [1.807, 2.05) is 13.8 Å². The third-order valence-electron chi connectivity index (χ3n) is 6.18. The normalized spacial score (nSPS) is 19.6. The lowest BCUT2D eigenvalue weighted by Gasteiger charge is -2.30. The number of hydrogen-bond acceptors (Lipinski definition) is 8. The number of benzene rings is 1. The highest BCUT2D eigenvalue weighted by Crippen LogP contribution is 2.38. The Balaban J connectivity index is 1.38. The van der Waals surface area contributed by atoms with Crippen molar-refractivity contribution in [1.82, 2.24) is 9.29 Å². The number of sulfonamides is 1. The number of hydrogen-bond donors (Lipinski definition) is 1. The number of nitrogens with zero attached hydrogens (tertiary/aromatic N) is 2. The van der Waals surface area contributed by atoms with Crippen molar-refractivity contribution >= 4 is 48.0 Å². The number of carbonyl (C=O) groups excluding carboxylic acids is 2. The number of ketones is 1. The standard InChI is InChI=1S/C22H27N3O6S3/c1-22(2)12-17-19(18(26)13-22)32-21(23-17)24-20(27)14-8-10-25(11-9-14)34(30,31)16-6-4-15(5-7-16)33(3,28)29/h4-7,14H,8-13H2,1-3H3,(H,23,24,27). The van der Waals surface area contributed by atoms with E-state index in [0.717, 1.165) is 11.9 Å². The van der Waals surface area contributed by atoms with Gasteiger partial charge < -0.3 is 5.32 Å². The third kappa shape index (κ3) is 5.09. The van der Waals surface area contributed by atoms with Gasteiger partial charge in [-0.15, -0.1) is 0 Å². The number of nitrogens with one attached hydrogen (secondary N) is 1. The highest BCUT2D eigenvalue weighted by atomic mass is 32.2. The van der Waals surface area contributed by atoms with Crippen LogP contribution in [0.15, 0.2) is 34.1 Å². The Hall–Kier alpha value is -2.15. The Bertz CT molecular complexity index is 1340. The maximum atomic E-state index is 12.9. The molecule has 0 radical (unpaired) electrons. The lowest BCUT2D eigenvalue weighted by Crippen LogP contribution is -2.41. The molecule has 1 fully saturated rings. The number of carbonyl (C=O) groups is 2. The van der Waals surface area contributed by atoms with E-state index in [2.05, 4.69) is 10.3 Å². The second kappa shape index (κ2) is 8.81. The average Bonchev–Trinajstić information content (AvgIpc) is 3.14. The molecule has 12 heteroatoms. The summed E-state index contributed by atoms with van der Waals surface area (Å²) in [6.07, 6.45) is 2.90. The van der Waals surface area contributed by atoms with Gasteiger partial charge in [0, 0.05) is 31.7 Å². The Labute approximate surface area is 203 Å². The van der Waals surface area contributed by atoms with Crippen LogP contribution in [0.5, 0.6) is 0 Å². The molecule has 4 rings (SSSR count). The van der Waals surface area contributed by atoms with Crippen LogP contribution in [0.1, 0.15) is 48.5 Å². The van der Waals surface area contributed by atoms with E-state index in [9.17, 15) is 26.4 Å². The van der Waals surface area contributed by atoms with Crippen LogP contribution < -0.4 is 5.32 Å². The maximum absolute atomic E-state index is 12.9. The first-order chi connectivity index (χ1) is 15.8. The maximum Gasteiger partial charge on any atom is 0.243 e. The lowest BCUT2D eigenvalue weighted by molar-refractivity contribution is -0.120. The second-order valence-electron chi connectivity index (χ2n) is 9.65. The Kier molecular flexibility index (Phi) is 6.47. The SMILES string of the molecule is CC1(C)CC(=O)c2sc(NC(=O)C3CCN(S(=O)(=O)c4ccc(S(C)(=O)=O)cc4)CC3)nc2C1. The minimum Gasteiger partial charge on any atom is -0.302 e. The summed E-state index contributed by atoms with van der Waals surface area (Å²) in [5.74, 6) is -0.549. The molecule has 1 aliphatic heterocycles. The first-order valence-corrected chi connectivity index (χ1v) is 15.1.